The number of pyridine rings is 1. The van der Waals surface area contributed by atoms with Gasteiger partial charge in [0.25, 0.3) is 0 Å². The van der Waals surface area contributed by atoms with E-state index in [2.05, 4.69) is 15.5 Å². The van der Waals surface area contributed by atoms with Crippen LogP contribution >= 0.6 is 0 Å². The topological polar surface area (TPSA) is 86.2 Å². The van der Waals surface area contributed by atoms with Crippen molar-refractivity contribution in [3.63, 3.8) is 0 Å². The Morgan fingerprint density at radius 3 is 2.46 bits per heavy atom. The second kappa shape index (κ2) is 7.67. The van der Waals surface area contributed by atoms with E-state index in [1.165, 1.54) is 0 Å². The predicted molar refractivity (Wildman–Crippen MR) is 106 cm³/mol. The van der Waals surface area contributed by atoms with Crippen molar-refractivity contribution in [2.24, 2.45) is 0 Å². The summed E-state index contributed by atoms with van der Waals surface area (Å²) in [5, 5.41) is 11.0. The Balaban J connectivity index is 1.45. The molecule has 28 heavy (non-hydrogen) atoms. The Kier molecular flexibility index (Phi) is 4.92. The molecule has 8 heteroatoms. The molecule has 1 amide bonds. The monoisotopic (exact) mass is 378 g/mol. The van der Waals surface area contributed by atoms with E-state index in [9.17, 15) is 9.59 Å². The SMILES string of the molecule is CCCn1c(=O)n(CCC(=O)NCc2nnc3ccccn23)c2ccccc21. The maximum atomic E-state index is 12.8. The summed E-state index contributed by atoms with van der Waals surface area (Å²) in [5.74, 6) is 0.535. The summed E-state index contributed by atoms with van der Waals surface area (Å²) < 4.78 is 5.29. The molecule has 0 atom stereocenters. The predicted octanol–water partition coefficient (Wildman–Crippen LogP) is 1.96. The smallest absolute Gasteiger partial charge is 0.329 e. The van der Waals surface area contributed by atoms with Crippen molar-refractivity contribution >= 4 is 22.6 Å². The quantitative estimate of drug-likeness (QED) is 0.533. The zero-order valence-corrected chi connectivity index (χ0v) is 15.7. The minimum Gasteiger partial charge on any atom is -0.349 e. The van der Waals surface area contributed by atoms with Gasteiger partial charge < -0.3 is 5.32 Å². The van der Waals surface area contributed by atoms with Gasteiger partial charge in [-0.25, -0.2) is 4.79 Å². The van der Waals surface area contributed by atoms with Gasteiger partial charge in [0.15, 0.2) is 11.5 Å². The summed E-state index contributed by atoms with van der Waals surface area (Å²) in [6.45, 7) is 3.33. The van der Waals surface area contributed by atoms with Crippen LogP contribution in [0.4, 0.5) is 0 Å². The number of aryl methyl sites for hydroxylation is 2. The highest BCUT2D eigenvalue weighted by Gasteiger charge is 2.13. The molecule has 0 radical (unpaired) electrons. The van der Waals surface area contributed by atoms with Gasteiger partial charge in [-0.05, 0) is 30.7 Å². The second-order valence-electron chi connectivity index (χ2n) is 6.65. The van der Waals surface area contributed by atoms with Crippen molar-refractivity contribution in [3.05, 3.63) is 65.0 Å². The summed E-state index contributed by atoms with van der Waals surface area (Å²) in [6.07, 6.45) is 2.95. The lowest BCUT2D eigenvalue weighted by Gasteiger charge is -2.05. The van der Waals surface area contributed by atoms with Gasteiger partial charge in [0.2, 0.25) is 5.91 Å². The fourth-order valence-electron chi connectivity index (χ4n) is 3.42. The van der Waals surface area contributed by atoms with Gasteiger partial charge >= 0.3 is 5.69 Å². The lowest BCUT2D eigenvalue weighted by atomic mass is 10.3. The van der Waals surface area contributed by atoms with Crippen LogP contribution in [0.3, 0.4) is 0 Å². The van der Waals surface area contributed by atoms with E-state index in [4.69, 9.17) is 0 Å². The van der Waals surface area contributed by atoms with Crippen molar-refractivity contribution in [1.82, 2.24) is 29.0 Å². The van der Waals surface area contributed by atoms with Gasteiger partial charge in [-0.1, -0.05) is 25.1 Å². The Morgan fingerprint density at radius 2 is 1.71 bits per heavy atom. The molecule has 0 aliphatic carbocycles. The van der Waals surface area contributed by atoms with Crippen LogP contribution in [0.1, 0.15) is 25.6 Å². The molecule has 1 N–H and O–H groups in total. The van der Waals surface area contributed by atoms with E-state index in [0.717, 1.165) is 23.1 Å². The van der Waals surface area contributed by atoms with Crippen LogP contribution in [0.5, 0.6) is 0 Å². The molecule has 0 fully saturated rings. The standard InChI is InChI=1S/C20H22N6O2/c1-2-11-24-15-7-3-4-8-16(15)25(20(24)28)13-10-19(27)21-14-18-23-22-17-9-5-6-12-26(17)18/h3-9,12H,2,10-11,13-14H2,1H3,(H,21,27). The summed E-state index contributed by atoms with van der Waals surface area (Å²) in [5.41, 5.74) is 2.43. The van der Waals surface area contributed by atoms with Crippen LogP contribution < -0.4 is 11.0 Å². The summed E-state index contributed by atoms with van der Waals surface area (Å²) in [6, 6.07) is 13.3. The Hall–Kier alpha value is -3.42. The molecule has 8 nitrogen and oxygen atoms in total. The number of carbonyl (C=O) groups excluding carboxylic acids is 1. The highest BCUT2D eigenvalue weighted by atomic mass is 16.2. The number of hydrogen-bond acceptors (Lipinski definition) is 4. The van der Waals surface area contributed by atoms with E-state index in [1.54, 1.807) is 9.13 Å². The highest BCUT2D eigenvalue weighted by molar-refractivity contribution is 5.78. The Bertz CT molecular complexity index is 1190. The molecule has 0 unspecified atom stereocenters. The molecule has 4 rings (SSSR count). The first-order chi connectivity index (χ1) is 13.7. The van der Waals surface area contributed by atoms with Crippen LogP contribution in [0.2, 0.25) is 0 Å². The van der Waals surface area contributed by atoms with Gasteiger partial charge in [-0.3, -0.25) is 18.3 Å². The molecule has 0 saturated carbocycles. The molecule has 0 saturated heterocycles. The molecule has 0 bridgehead atoms. The molecule has 4 aromatic rings. The molecule has 1 aromatic carbocycles. The van der Waals surface area contributed by atoms with Crippen LogP contribution in [-0.4, -0.2) is 29.6 Å². The third-order valence-electron chi connectivity index (χ3n) is 4.76. The molecule has 144 valence electrons. The van der Waals surface area contributed by atoms with Gasteiger partial charge in [0.1, 0.15) is 0 Å². The maximum absolute atomic E-state index is 12.8. The van der Waals surface area contributed by atoms with Crippen LogP contribution in [0, 0.1) is 0 Å². The molecular weight excluding hydrogens is 356 g/mol. The molecule has 0 aliphatic heterocycles. The van der Waals surface area contributed by atoms with Crippen LogP contribution in [-0.2, 0) is 24.4 Å². The summed E-state index contributed by atoms with van der Waals surface area (Å²) in [4.78, 5) is 25.1. The van der Waals surface area contributed by atoms with Crippen LogP contribution in [0.15, 0.2) is 53.5 Å². The van der Waals surface area contributed by atoms with Gasteiger partial charge in [0.05, 0.1) is 17.6 Å². The van der Waals surface area contributed by atoms with Gasteiger partial charge in [-0.15, -0.1) is 10.2 Å². The molecule has 0 spiro atoms. The van der Waals surface area contributed by atoms with E-state index in [-0.39, 0.29) is 24.6 Å². The number of para-hydroxylation sites is 2. The van der Waals surface area contributed by atoms with Crippen molar-refractivity contribution in [2.45, 2.75) is 39.4 Å². The van der Waals surface area contributed by atoms with E-state index < -0.39 is 0 Å². The number of amides is 1. The van der Waals surface area contributed by atoms with E-state index in [0.29, 0.717) is 18.9 Å². The Morgan fingerprint density at radius 1 is 1.00 bits per heavy atom. The number of nitrogens with one attached hydrogen (secondary N) is 1. The minimum absolute atomic E-state index is 0.0701. The van der Waals surface area contributed by atoms with E-state index in [1.807, 2.05) is 60.0 Å². The minimum atomic E-state index is -0.132. The average Bonchev–Trinajstić information content (AvgIpc) is 3.25. The van der Waals surface area contributed by atoms with Crippen LogP contribution in [0.25, 0.3) is 16.7 Å². The van der Waals surface area contributed by atoms with Gasteiger partial charge in [0, 0.05) is 25.7 Å². The number of aromatic nitrogens is 5. The summed E-state index contributed by atoms with van der Waals surface area (Å²) in [7, 11) is 0. The molecule has 0 aliphatic rings. The third-order valence-corrected chi connectivity index (χ3v) is 4.76. The fourth-order valence-corrected chi connectivity index (χ4v) is 3.42. The zero-order chi connectivity index (χ0) is 19.5. The number of nitrogens with zero attached hydrogens (tertiary/aromatic N) is 5. The fraction of sp³-hybridized carbons (Fsp3) is 0.300. The molecule has 3 aromatic heterocycles. The number of fused-ring (bicyclic) bond motifs is 2. The third kappa shape index (κ3) is 3.28. The Labute approximate surface area is 161 Å². The highest BCUT2D eigenvalue weighted by Crippen LogP contribution is 2.13. The largest absolute Gasteiger partial charge is 0.349 e. The average molecular weight is 378 g/mol. The van der Waals surface area contributed by atoms with Crippen molar-refractivity contribution in [1.29, 1.82) is 0 Å². The first kappa shape index (κ1) is 18.0. The normalized spacial score (nSPS) is 11.3. The first-order valence-corrected chi connectivity index (χ1v) is 9.42. The summed E-state index contributed by atoms with van der Waals surface area (Å²) >= 11 is 0. The zero-order valence-electron chi connectivity index (χ0n) is 15.7. The van der Waals surface area contributed by atoms with Crippen molar-refractivity contribution in [2.75, 3.05) is 0 Å². The molecular formula is C20H22N6O2. The number of benzene rings is 1. The van der Waals surface area contributed by atoms with Crippen molar-refractivity contribution < 1.29 is 4.79 Å². The van der Waals surface area contributed by atoms with Crippen molar-refractivity contribution in [3.8, 4) is 0 Å². The first-order valence-electron chi connectivity index (χ1n) is 9.42. The number of imidazole rings is 1. The lowest BCUT2D eigenvalue weighted by molar-refractivity contribution is -0.121. The molecule has 3 heterocycles. The van der Waals surface area contributed by atoms with Gasteiger partial charge in [-0.2, -0.15) is 0 Å². The second-order valence-corrected chi connectivity index (χ2v) is 6.65. The number of rotatable bonds is 7. The maximum Gasteiger partial charge on any atom is 0.329 e. The number of hydrogen-bond donors (Lipinski definition) is 1. The lowest BCUT2D eigenvalue weighted by Crippen LogP contribution is -2.28. The number of carbonyl (C=O) groups is 1. The van der Waals surface area contributed by atoms with E-state index >= 15 is 0 Å².